The van der Waals surface area contributed by atoms with E-state index < -0.39 is 15.8 Å². The molecule has 0 spiro atoms. The number of nitrogens with one attached hydrogen (secondary N) is 2. The van der Waals surface area contributed by atoms with E-state index in [4.69, 9.17) is 22.1 Å². The number of nitrogens with two attached hydrogens (primary N) is 1. The van der Waals surface area contributed by atoms with E-state index in [2.05, 4.69) is 30.0 Å². The van der Waals surface area contributed by atoms with Crippen molar-refractivity contribution in [3.63, 3.8) is 0 Å². The van der Waals surface area contributed by atoms with E-state index in [1.807, 2.05) is 0 Å². The Bertz CT molecular complexity index is 1580. The third-order valence-electron chi connectivity index (χ3n) is 6.23. The summed E-state index contributed by atoms with van der Waals surface area (Å²) in [5.41, 5.74) is 6.91. The Morgan fingerprint density at radius 3 is 2.62 bits per heavy atom. The van der Waals surface area contributed by atoms with Crippen molar-refractivity contribution in [3.8, 4) is 22.9 Å². The SMILES string of the molecule is NC1CCC(Nc2nccc(-c3cncnc3Oc3ccc(NS(=O)(=O)c4ccccc4Cl)cc3F)n2)CC1. The summed E-state index contributed by atoms with van der Waals surface area (Å²) in [6.45, 7) is 0. The molecule has 2 heterocycles. The van der Waals surface area contributed by atoms with Crippen molar-refractivity contribution in [2.75, 3.05) is 10.0 Å². The van der Waals surface area contributed by atoms with E-state index in [0.29, 0.717) is 17.2 Å². The minimum atomic E-state index is -4.03. The Balaban J connectivity index is 1.34. The second kappa shape index (κ2) is 11.5. The summed E-state index contributed by atoms with van der Waals surface area (Å²) in [5.74, 6) is -0.452. The number of sulfonamides is 1. The number of benzene rings is 2. The van der Waals surface area contributed by atoms with Crippen LogP contribution >= 0.6 is 11.6 Å². The molecule has 0 bridgehead atoms. The molecule has 0 radical (unpaired) electrons. The molecule has 0 aliphatic heterocycles. The van der Waals surface area contributed by atoms with Gasteiger partial charge in [-0.25, -0.2) is 32.7 Å². The zero-order chi connectivity index (χ0) is 27.4. The largest absolute Gasteiger partial charge is 0.435 e. The zero-order valence-corrected chi connectivity index (χ0v) is 22.2. The van der Waals surface area contributed by atoms with E-state index >= 15 is 4.39 Å². The molecule has 5 rings (SSSR count). The monoisotopic (exact) mass is 569 g/mol. The van der Waals surface area contributed by atoms with Crippen LogP contribution in [0.15, 0.2) is 72.1 Å². The molecule has 4 N–H and O–H groups in total. The van der Waals surface area contributed by atoms with Gasteiger partial charge in [-0.15, -0.1) is 0 Å². The van der Waals surface area contributed by atoms with Gasteiger partial charge >= 0.3 is 0 Å². The zero-order valence-electron chi connectivity index (χ0n) is 20.6. The van der Waals surface area contributed by atoms with Crippen molar-refractivity contribution in [1.82, 2.24) is 19.9 Å². The van der Waals surface area contributed by atoms with Crippen molar-refractivity contribution in [2.24, 2.45) is 5.73 Å². The van der Waals surface area contributed by atoms with Crippen molar-refractivity contribution < 1.29 is 17.5 Å². The topological polar surface area (TPSA) is 145 Å². The fourth-order valence-electron chi connectivity index (χ4n) is 4.22. The summed E-state index contributed by atoms with van der Waals surface area (Å²) in [6, 6.07) is 11.8. The van der Waals surface area contributed by atoms with E-state index in [1.54, 1.807) is 24.4 Å². The first kappa shape index (κ1) is 26.7. The first-order valence-corrected chi connectivity index (χ1v) is 14.0. The van der Waals surface area contributed by atoms with Crippen molar-refractivity contribution in [2.45, 2.75) is 42.7 Å². The number of anilines is 2. The summed E-state index contributed by atoms with van der Waals surface area (Å²) in [6.07, 6.45) is 8.13. The van der Waals surface area contributed by atoms with Gasteiger partial charge in [0, 0.05) is 30.5 Å². The minimum absolute atomic E-state index is 0.00198. The molecule has 0 atom stereocenters. The van der Waals surface area contributed by atoms with Gasteiger partial charge in [-0.1, -0.05) is 23.7 Å². The van der Waals surface area contributed by atoms with Crippen molar-refractivity contribution >= 4 is 33.3 Å². The highest BCUT2D eigenvalue weighted by molar-refractivity contribution is 7.92. The van der Waals surface area contributed by atoms with E-state index in [0.717, 1.165) is 31.7 Å². The van der Waals surface area contributed by atoms with Crippen LogP contribution in [0.1, 0.15) is 25.7 Å². The van der Waals surface area contributed by atoms with Crippen LogP contribution in [0.3, 0.4) is 0 Å². The summed E-state index contributed by atoms with van der Waals surface area (Å²) in [4.78, 5) is 17.0. The predicted molar refractivity (Wildman–Crippen MR) is 146 cm³/mol. The minimum Gasteiger partial charge on any atom is -0.435 e. The molecule has 39 heavy (non-hydrogen) atoms. The molecule has 10 nitrogen and oxygen atoms in total. The number of nitrogens with zero attached hydrogens (tertiary/aromatic N) is 4. The van der Waals surface area contributed by atoms with E-state index in [1.165, 1.54) is 36.8 Å². The molecular formula is C26H25ClFN7O3S. The van der Waals surface area contributed by atoms with Gasteiger partial charge in [0.25, 0.3) is 10.0 Å². The molecule has 2 aromatic carbocycles. The highest BCUT2D eigenvalue weighted by Crippen LogP contribution is 2.33. The highest BCUT2D eigenvalue weighted by Gasteiger charge is 2.21. The van der Waals surface area contributed by atoms with Crippen LogP contribution in [0.2, 0.25) is 5.02 Å². The third kappa shape index (κ3) is 6.41. The van der Waals surface area contributed by atoms with E-state index in [-0.39, 0.29) is 39.3 Å². The second-order valence-corrected chi connectivity index (χ2v) is 11.1. The lowest BCUT2D eigenvalue weighted by Crippen LogP contribution is -2.33. The number of halogens is 2. The van der Waals surface area contributed by atoms with Crippen LogP contribution < -0.4 is 20.5 Å². The van der Waals surface area contributed by atoms with Gasteiger partial charge in [-0.2, -0.15) is 0 Å². The summed E-state index contributed by atoms with van der Waals surface area (Å²) >= 11 is 6.01. The molecule has 13 heteroatoms. The van der Waals surface area contributed by atoms with Gasteiger partial charge in [-0.3, -0.25) is 4.72 Å². The lowest BCUT2D eigenvalue weighted by Gasteiger charge is -2.26. The molecule has 1 aliphatic carbocycles. The van der Waals surface area contributed by atoms with Crippen LogP contribution in [-0.2, 0) is 10.0 Å². The molecule has 0 amide bonds. The quantitative estimate of drug-likeness (QED) is 0.267. The maximum absolute atomic E-state index is 15.0. The Labute approximate surface area is 229 Å². The summed E-state index contributed by atoms with van der Waals surface area (Å²) in [7, 11) is -4.03. The lowest BCUT2D eigenvalue weighted by atomic mass is 9.92. The molecule has 0 unspecified atom stereocenters. The first-order valence-electron chi connectivity index (χ1n) is 12.2. The maximum Gasteiger partial charge on any atom is 0.263 e. The Hall–Kier alpha value is -3.87. The lowest BCUT2D eigenvalue weighted by molar-refractivity contribution is 0.410. The fraction of sp³-hybridized carbons (Fsp3) is 0.231. The molecule has 1 fully saturated rings. The molecule has 0 saturated heterocycles. The molecule has 1 aliphatic rings. The number of hydrogen-bond acceptors (Lipinski definition) is 9. The van der Waals surface area contributed by atoms with Gasteiger partial charge < -0.3 is 15.8 Å². The molecule has 2 aromatic heterocycles. The second-order valence-electron chi connectivity index (χ2n) is 9.05. The van der Waals surface area contributed by atoms with Crippen LogP contribution in [0.4, 0.5) is 16.0 Å². The van der Waals surface area contributed by atoms with Gasteiger partial charge in [0.05, 0.1) is 22.0 Å². The van der Waals surface area contributed by atoms with Gasteiger partial charge in [-0.05, 0) is 56.0 Å². The molecule has 202 valence electrons. The first-order chi connectivity index (χ1) is 18.8. The van der Waals surface area contributed by atoms with Crippen LogP contribution in [-0.4, -0.2) is 40.4 Å². The van der Waals surface area contributed by atoms with Crippen LogP contribution in [0.5, 0.6) is 11.6 Å². The van der Waals surface area contributed by atoms with Gasteiger partial charge in [0.2, 0.25) is 11.8 Å². The van der Waals surface area contributed by atoms with Crippen LogP contribution in [0.25, 0.3) is 11.3 Å². The smallest absolute Gasteiger partial charge is 0.263 e. The van der Waals surface area contributed by atoms with Crippen molar-refractivity contribution in [1.29, 1.82) is 0 Å². The highest BCUT2D eigenvalue weighted by atomic mass is 35.5. The van der Waals surface area contributed by atoms with Gasteiger partial charge in [0.15, 0.2) is 11.6 Å². The molecular weight excluding hydrogens is 545 g/mol. The normalized spacial score (nSPS) is 17.4. The summed E-state index contributed by atoms with van der Waals surface area (Å²) < 4.78 is 48.5. The number of rotatable bonds is 8. The Morgan fingerprint density at radius 2 is 1.85 bits per heavy atom. The number of hydrogen-bond donors (Lipinski definition) is 3. The summed E-state index contributed by atoms with van der Waals surface area (Å²) in [5, 5.41) is 3.39. The Kier molecular flexibility index (Phi) is 7.87. The van der Waals surface area contributed by atoms with Crippen molar-refractivity contribution in [3.05, 3.63) is 78.1 Å². The predicted octanol–water partition coefficient (Wildman–Crippen LogP) is 5.00. The fourth-order valence-corrected chi connectivity index (χ4v) is 5.79. The van der Waals surface area contributed by atoms with E-state index in [9.17, 15) is 8.42 Å². The number of aromatic nitrogens is 4. The third-order valence-corrected chi connectivity index (χ3v) is 8.11. The van der Waals surface area contributed by atoms with Gasteiger partial charge in [0.1, 0.15) is 11.2 Å². The number of ether oxygens (including phenoxy) is 1. The molecule has 1 saturated carbocycles. The average Bonchev–Trinajstić information content (AvgIpc) is 2.92. The molecule has 4 aromatic rings. The average molecular weight is 570 g/mol. The maximum atomic E-state index is 15.0. The van der Waals surface area contributed by atoms with Crippen LogP contribution in [0, 0.1) is 5.82 Å². The standard InChI is InChI=1S/C26H25ClFN7O3S/c27-20-3-1-2-4-24(20)39(36,37)35-18-9-10-23(21(28)13-18)38-25-19(14-30-15-32-25)22-11-12-31-26(34-22)33-17-7-5-16(29)6-8-17/h1-4,9-17,35H,5-8,29H2,(H,31,33,34). The Morgan fingerprint density at radius 1 is 1.05 bits per heavy atom.